The molecule has 1 aliphatic rings. The average Bonchev–Trinajstić information content (AvgIpc) is 2.50. The number of hydrogen-bond donors (Lipinski definition) is 1. The van der Waals surface area contributed by atoms with Crippen LogP contribution in [0.3, 0.4) is 0 Å². The molecule has 0 radical (unpaired) electrons. The molecule has 1 N–H and O–H groups in total. The minimum Gasteiger partial charge on any atom is -0.349 e. The molecule has 1 aromatic heterocycles. The fourth-order valence-electron chi connectivity index (χ4n) is 1.76. The van der Waals surface area contributed by atoms with Gasteiger partial charge in [0.25, 0.3) is 0 Å². The molecule has 0 saturated heterocycles. The van der Waals surface area contributed by atoms with E-state index in [1.807, 2.05) is 0 Å². The summed E-state index contributed by atoms with van der Waals surface area (Å²) in [5.41, 5.74) is 1.44. The molecule has 12 heavy (non-hydrogen) atoms. The number of fused-ring (bicyclic) bond motifs is 1. The summed E-state index contributed by atoms with van der Waals surface area (Å²) in [5, 5.41) is 3.49. The molecule has 0 fully saturated rings. The van der Waals surface area contributed by atoms with Crippen LogP contribution in [0.15, 0.2) is 18.3 Å². The van der Waals surface area contributed by atoms with E-state index in [0.29, 0.717) is 6.04 Å². The third kappa shape index (κ3) is 1.50. The van der Waals surface area contributed by atoms with Gasteiger partial charge in [-0.25, -0.2) is 0 Å². The van der Waals surface area contributed by atoms with Gasteiger partial charge in [-0.15, -0.1) is 12.4 Å². The molecule has 1 unspecified atom stereocenters. The Kier molecular flexibility index (Phi) is 3.18. The molecule has 2 heterocycles. The number of nitrogens with one attached hydrogen (secondary N) is 1. The van der Waals surface area contributed by atoms with Crippen molar-refractivity contribution in [2.24, 2.45) is 0 Å². The van der Waals surface area contributed by atoms with Gasteiger partial charge < -0.3 is 9.88 Å². The molecule has 1 atom stereocenters. The summed E-state index contributed by atoms with van der Waals surface area (Å²) in [6.45, 7) is 4.46. The van der Waals surface area contributed by atoms with Crippen molar-refractivity contribution in [3.05, 3.63) is 24.0 Å². The molecule has 1 aliphatic heterocycles. The van der Waals surface area contributed by atoms with Crippen molar-refractivity contribution in [3.8, 4) is 0 Å². The van der Waals surface area contributed by atoms with E-state index in [9.17, 15) is 0 Å². The first kappa shape index (κ1) is 9.62. The van der Waals surface area contributed by atoms with Gasteiger partial charge in [-0.2, -0.15) is 0 Å². The van der Waals surface area contributed by atoms with Crippen LogP contribution in [0.4, 0.5) is 0 Å². The summed E-state index contributed by atoms with van der Waals surface area (Å²) in [5.74, 6) is 0. The first-order chi connectivity index (χ1) is 5.42. The zero-order chi connectivity index (χ0) is 7.68. The average molecular weight is 187 g/mol. The molecule has 1 aromatic rings. The maximum Gasteiger partial charge on any atom is 0.0472 e. The maximum absolute atomic E-state index is 3.49. The van der Waals surface area contributed by atoms with Gasteiger partial charge >= 0.3 is 0 Å². The van der Waals surface area contributed by atoms with Gasteiger partial charge in [-0.05, 0) is 18.6 Å². The van der Waals surface area contributed by atoms with E-state index in [0.717, 1.165) is 13.1 Å². The van der Waals surface area contributed by atoms with Gasteiger partial charge in [0.15, 0.2) is 0 Å². The minimum atomic E-state index is 0. The number of hydrogen-bond acceptors (Lipinski definition) is 1. The van der Waals surface area contributed by atoms with Gasteiger partial charge in [-0.1, -0.05) is 6.92 Å². The normalized spacial score (nSPS) is 21.2. The van der Waals surface area contributed by atoms with Crippen LogP contribution in [-0.2, 0) is 6.54 Å². The molecule has 0 amide bonds. The standard InChI is InChI=1S/C9H14N2.ClH/c1-2-8-9-4-3-6-11(9)7-5-10-8;/h3-4,6,8,10H,2,5,7H2,1H3;1H. The van der Waals surface area contributed by atoms with E-state index in [-0.39, 0.29) is 12.4 Å². The lowest BCUT2D eigenvalue weighted by atomic mass is 10.1. The number of nitrogens with zero attached hydrogens (tertiary/aromatic N) is 1. The van der Waals surface area contributed by atoms with Gasteiger partial charge in [-0.3, -0.25) is 0 Å². The number of aromatic nitrogens is 1. The first-order valence-electron chi connectivity index (χ1n) is 4.30. The second kappa shape index (κ2) is 3.97. The lowest BCUT2D eigenvalue weighted by Crippen LogP contribution is -2.32. The fourth-order valence-corrected chi connectivity index (χ4v) is 1.76. The molecule has 2 nitrogen and oxygen atoms in total. The Bertz CT molecular complexity index is 244. The molecule has 3 heteroatoms. The van der Waals surface area contributed by atoms with Crippen molar-refractivity contribution < 1.29 is 0 Å². The SMILES string of the molecule is CCC1NCCn2cccc21.Cl. The predicted octanol–water partition coefficient (Wildman–Crippen LogP) is 1.96. The Morgan fingerprint density at radius 2 is 2.50 bits per heavy atom. The zero-order valence-electron chi connectivity index (χ0n) is 7.29. The third-order valence-electron chi connectivity index (χ3n) is 2.37. The maximum atomic E-state index is 3.49. The highest BCUT2D eigenvalue weighted by atomic mass is 35.5. The van der Waals surface area contributed by atoms with E-state index < -0.39 is 0 Å². The second-order valence-electron chi connectivity index (χ2n) is 3.04. The second-order valence-corrected chi connectivity index (χ2v) is 3.04. The fraction of sp³-hybridized carbons (Fsp3) is 0.556. The molecule has 0 aliphatic carbocycles. The molecule has 0 spiro atoms. The first-order valence-corrected chi connectivity index (χ1v) is 4.30. The van der Waals surface area contributed by atoms with Crippen LogP contribution < -0.4 is 5.32 Å². The van der Waals surface area contributed by atoms with Crippen LogP contribution in [0.2, 0.25) is 0 Å². The van der Waals surface area contributed by atoms with Gasteiger partial charge in [0.05, 0.1) is 0 Å². The van der Waals surface area contributed by atoms with E-state index in [4.69, 9.17) is 0 Å². The predicted molar refractivity (Wildman–Crippen MR) is 52.7 cm³/mol. The summed E-state index contributed by atoms with van der Waals surface area (Å²) >= 11 is 0. The Morgan fingerprint density at radius 3 is 3.25 bits per heavy atom. The van der Waals surface area contributed by atoms with Crippen LogP contribution in [-0.4, -0.2) is 11.1 Å². The molecule has 0 saturated carbocycles. The molecule has 0 bridgehead atoms. The Hall–Kier alpha value is -0.470. The van der Waals surface area contributed by atoms with Crippen molar-refractivity contribution in [1.82, 2.24) is 9.88 Å². The van der Waals surface area contributed by atoms with Crippen molar-refractivity contribution in [2.75, 3.05) is 6.54 Å². The molecule has 68 valence electrons. The number of halogens is 1. The highest BCUT2D eigenvalue weighted by molar-refractivity contribution is 5.85. The molecule has 0 aromatic carbocycles. The van der Waals surface area contributed by atoms with Crippen LogP contribution in [0.1, 0.15) is 25.1 Å². The summed E-state index contributed by atoms with van der Waals surface area (Å²) in [7, 11) is 0. The third-order valence-corrected chi connectivity index (χ3v) is 2.37. The van der Waals surface area contributed by atoms with E-state index in [1.54, 1.807) is 0 Å². The quantitative estimate of drug-likeness (QED) is 0.710. The minimum absolute atomic E-state index is 0. The van der Waals surface area contributed by atoms with Crippen molar-refractivity contribution in [2.45, 2.75) is 25.9 Å². The van der Waals surface area contributed by atoms with Crippen molar-refractivity contribution in [3.63, 3.8) is 0 Å². The Labute approximate surface area is 79.4 Å². The van der Waals surface area contributed by atoms with Gasteiger partial charge in [0, 0.05) is 31.0 Å². The van der Waals surface area contributed by atoms with Crippen LogP contribution >= 0.6 is 12.4 Å². The van der Waals surface area contributed by atoms with Crippen molar-refractivity contribution >= 4 is 12.4 Å². The van der Waals surface area contributed by atoms with Crippen LogP contribution in [0.5, 0.6) is 0 Å². The molecular formula is C9H15ClN2. The van der Waals surface area contributed by atoms with E-state index in [1.165, 1.54) is 12.1 Å². The molecule has 2 rings (SSSR count). The van der Waals surface area contributed by atoms with Crippen molar-refractivity contribution in [1.29, 1.82) is 0 Å². The summed E-state index contributed by atoms with van der Waals surface area (Å²) < 4.78 is 2.34. The molecular weight excluding hydrogens is 172 g/mol. The lowest BCUT2D eigenvalue weighted by Gasteiger charge is -2.25. The number of rotatable bonds is 1. The summed E-state index contributed by atoms with van der Waals surface area (Å²) in [6.07, 6.45) is 3.35. The Morgan fingerprint density at radius 1 is 1.67 bits per heavy atom. The van der Waals surface area contributed by atoms with Gasteiger partial charge in [0.2, 0.25) is 0 Å². The van der Waals surface area contributed by atoms with Crippen LogP contribution in [0.25, 0.3) is 0 Å². The highest BCUT2D eigenvalue weighted by Crippen LogP contribution is 2.19. The highest BCUT2D eigenvalue weighted by Gasteiger charge is 2.16. The summed E-state index contributed by atoms with van der Waals surface area (Å²) in [4.78, 5) is 0. The topological polar surface area (TPSA) is 17.0 Å². The Balaban J connectivity index is 0.000000720. The van der Waals surface area contributed by atoms with E-state index in [2.05, 4.69) is 35.1 Å². The van der Waals surface area contributed by atoms with E-state index >= 15 is 0 Å². The van der Waals surface area contributed by atoms with Crippen LogP contribution in [0, 0.1) is 0 Å². The van der Waals surface area contributed by atoms with Gasteiger partial charge in [0.1, 0.15) is 0 Å². The zero-order valence-corrected chi connectivity index (χ0v) is 8.10. The largest absolute Gasteiger partial charge is 0.349 e. The summed E-state index contributed by atoms with van der Waals surface area (Å²) in [6, 6.07) is 4.92. The lowest BCUT2D eigenvalue weighted by molar-refractivity contribution is 0.417. The monoisotopic (exact) mass is 186 g/mol. The smallest absolute Gasteiger partial charge is 0.0472 e.